The maximum atomic E-state index is 12.4. The van der Waals surface area contributed by atoms with Crippen LogP contribution in [-0.4, -0.2) is 28.0 Å². The lowest BCUT2D eigenvalue weighted by Crippen LogP contribution is -2.20. The number of carbonyl (C=O) groups excluding carboxylic acids is 1. The molecule has 4 rings (SSSR count). The summed E-state index contributed by atoms with van der Waals surface area (Å²) in [6.07, 6.45) is 7.81. The number of aryl methyl sites for hydroxylation is 2. The molecule has 8 heteroatoms. The van der Waals surface area contributed by atoms with Gasteiger partial charge in [0.25, 0.3) is 0 Å². The minimum Gasteiger partial charge on any atom is -0.465 e. The summed E-state index contributed by atoms with van der Waals surface area (Å²) < 4.78 is 6.89. The van der Waals surface area contributed by atoms with Crippen LogP contribution in [0.3, 0.4) is 0 Å². The second-order valence-corrected chi connectivity index (χ2v) is 8.85. The van der Waals surface area contributed by atoms with Crippen molar-refractivity contribution < 1.29 is 9.53 Å². The van der Waals surface area contributed by atoms with Crippen molar-refractivity contribution in [1.29, 1.82) is 0 Å². The lowest BCUT2D eigenvalue weighted by molar-refractivity contribution is 0.0601. The Kier molecular flexibility index (Phi) is 6.15. The molecule has 0 spiro atoms. The Balaban J connectivity index is 1.46. The van der Waals surface area contributed by atoms with Gasteiger partial charge in [0.2, 0.25) is 0 Å². The van der Waals surface area contributed by atoms with Gasteiger partial charge in [-0.1, -0.05) is 24.3 Å². The van der Waals surface area contributed by atoms with Crippen molar-refractivity contribution in [2.24, 2.45) is 0 Å². The van der Waals surface area contributed by atoms with Crippen LogP contribution >= 0.6 is 23.6 Å². The number of esters is 1. The summed E-state index contributed by atoms with van der Waals surface area (Å²) in [6.45, 7) is 2.79. The topological polar surface area (TPSA) is 68.2 Å². The Hall–Kier alpha value is -2.71. The van der Waals surface area contributed by atoms with Crippen LogP contribution in [0.2, 0.25) is 0 Å². The molecule has 1 aromatic carbocycles. The number of fused-ring (bicyclic) bond motifs is 1. The molecule has 2 heterocycles. The quantitative estimate of drug-likeness (QED) is 0.440. The van der Waals surface area contributed by atoms with E-state index in [2.05, 4.69) is 34.8 Å². The van der Waals surface area contributed by atoms with Gasteiger partial charge >= 0.3 is 5.97 Å². The molecule has 3 aromatic rings. The number of aromatic nitrogens is 2. The first-order valence-corrected chi connectivity index (χ1v) is 11.2. The molecule has 0 radical (unpaired) electrons. The van der Waals surface area contributed by atoms with Gasteiger partial charge in [-0.05, 0) is 61.5 Å². The molecule has 0 unspecified atom stereocenters. The zero-order chi connectivity index (χ0) is 21.1. The summed E-state index contributed by atoms with van der Waals surface area (Å²) in [5.41, 5.74) is 4.98. The van der Waals surface area contributed by atoms with Crippen molar-refractivity contribution in [3.8, 4) is 0 Å². The fourth-order valence-corrected chi connectivity index (χ4v) is 5.28. The standard InChI is InChI=1S/C22H24N4O2S2/c1-14-7-3-4-8-15(14)12-26-13-16(11-23-26)24-22(29)25-20-19(21(27)28-2)17-9-5-6-10-18(17)30-20/h3-4,7-8,11,13H,5-6,9-10,12H2,1-2H3,(H2,24,25,29). The van der Waals surface area contributed by atoms with Crippen LogP contribution in [0.5, 0.6) is 0 Å². The Morgan fingerprint density at radius 2 is 2.07 bits per heavy atom. The number of nitrogens with one attached hydrogen (secondary N) is 2. The first kappa shape index (κ1) is 20.6. The third-order valence-electron chi connectivity index (χ3n) is 5.27. The van der Waals surface area contributed by atoms with Crippen molar-refractivity contribution in [3.05, 3.63) is 63.8 Å². The predicted molar refractivity (Wildman–Crippen MR) is 125 cm³/mol. The van der Waals surface area contributed by atoms with Gasteiger partial charge in [0.1, 0.15) is 5.00 Å². The Bertz CT molecular complexity index is 1090. The van der Waals surface area contributed by atoms with Gasteiger partial charge in [0.15, 0.2) is 5.11 Å². The second-order valence-electron chi connectivity index (χ2n) is 7.34. The van der Waals surface area contributed by atoms with E-state index in [9.17, 15) is 4.79 Å². The Morgan fingerprint density at radius 3 is 2.87 bits per heavy atom. The van der Waals surface area contributed by atoms with Crippen LogP contribution in [0, 0.1) is 6.92 Å². The first-order chi connectivity index (χ1) is 14.5. The van der Waals surface area contributed by atoms with E-state index in [0.29, 0.717) is 17.2 Å². The summed E-state index contributed by atoms with van der Waals surface area (Å²) in [6, 6.07) is 8.26. The van der Waals surface area contributed by atoms with E-state index in [1.54, 1.807) is 17.5 Å². The minimum atomic E-state index is -0.314. The molecule has 0 saturated carbocycles. The molecule has 30 heavy (non-hydrogen) atoms. The predicted octanol–water partition coefficient (Wildman–Crippen LogP) is 4.78. The highest BCUT2D eigenvalue weighted by Gasteiger charge is 2.26. The smallest absolute Gasteiger partial charge is 0.341 e. The number of carbonyl (C=O) groups is 1. The van der Waals surface area contributed by atoms with E-state index in [-0.39, 0.29) is 5.97 Å². The zero-order valence-electron chi connectivity index (χ0n) is 17.0. The largest absolute Gasteiger partial charge is 0.465 e. The summed E-state index contributed by atoms with van der Waals surface area (Å²) in [4.78, 5) is 13.6. The molecule has 156 valence electrons. The summed E-state index contributed by atoms with van der Waals surface area (Å²) in [5.74, 6) is -0.314. The van der Waals surface area contributed by atoms with Crippen molar-refractivity contribution in [3.63, 3.8) is 0 Å². The van der Waals surface area contributed by atoms with Crippen LogP contribution in [0.4, 0.5) is 10.7 Å². The van der Waals surface area contributed by atoms with Crippen molar-refractivity contribution >= 4 is 45.3 Å². The summed E-state index contributed by atoms with van der Waals surface area (Å²) >= 11 is 7.09. The molecule has 0 aliphatic heterocycles. The lowest BCUT2D eigenvalue weighted by Gasteiger charge is -2.12. The van der Waals surface area contributed by atoms with Gasteiger partial charge in [-0.3, -0.25) is 4.68 Å². The molecule has 1 aliphatic rings. The van der Waals surface area contributed by atoms with E-state index in [0.717, 1.165) is 41.9 Å². The van der Waals surface area contributed by atoms with Crippen LogP contribution in [0.1, 0.15) is 44.8 Å². The zero-order valence-corrected chi connectivity index (χ0v) is 18.7. The number of nitrogens with zero attached hydrogens (tertiary/aromatic N) is 2. The molecule has 6 nitrogen and oxygen atoms in total. The Labute approximate surface area is 185 Å². The molecule has 2 N–H and O–H groups in total. The van der Waals surface area contributed by atoms with Gasteiger partial charge in [-0.15, -0.1) is 11.3 Å². The van der Waals surface area contributed by atoms with Crippen LogP contribution in [0.15, 0.2) is 36.7 Å². The number of hydrogen-bond acceptors (Lipinski definition) is 5. The third kappa shape index (κ3) is 4.39. The number of ether oxygens (including phenoxy) is 1. The van der Waals surface area contributed by atoms with Crippen LogP contribution in [0.25, 0.3) is 0 Å². The number of hydrogen-bond donors (Lipinski definition) is 2. The van der Waals surface area contributed by atoms with E-state index >= 15 is 0 Å². The summed E-state index contributed by atoms with van der Waals surface area (Å²) in [7, 11) is 1.42. The normalized spacial score (nSPS) is 12.9. The van der Waals surface area contributed by atoms with Crippen LogP contribution < -0.4 is 10.6 Å². The van der Waals surface area contributed by atoms with Crippen molar-refractivity contribution in [1.82, 2.24) is 9.78 Å². The molecular weight excluding hydrogens is 416 g/mol. The number of rotatable bonds is 5. The molecule has 0 atom stereocenters. The number of methoxy groups -OCH3 is 1. The van der Waals surface area contributed by atoms with Gasteiger partial charge in [-0.2, -0.15) is 5.10 Å². The maximum Gasteiger partial charge on any atom is 0.341 e. The second kappa shape index (κ2) is 8.97. The van der Waals surface area contributed by atoms with Gasteiger partial charge in [0.05, 0.1) is 31.1 Å². The highest BCUT2D eigenvalue weighted by Crippen LogP contribution is 2.38. The van der Waals surface area contributed by atoms with Gasteiger partial charge < -0.3 is 15.4 Å². The fourth-order valence-electron chi connectivity index (χ4n) is 3.71. The number of benzene rings is 1. The SMILES string of the molecule is COC(=O)c1c(NC(=S)Nc2cnn(Cc3ccccc3C)c2)sc2c1CCCC2. The average Bonchev–Trinajstić information content (AvgIpc) is 3.32. The van der Waals surface area contributed by atoms with Gasteiger partial charge in [0, 0.05) is 11.1 Å². The van der Waals surface area contributed by atoms with E-state index in [4.69, 9.17) is 17.0 Å². The lowest BCUT2D eigenvalue weighted by atomic mass is 9.95. The highest BCUT2D eigenvalue weighted by atomic mass is 32.1. The van der Waals surface area contributed by atoms with Crippen LogP contribution in [-0.2, 0) is 24.1 Å². The molecule has 1 aliphatic carbocycles. The molecule has 0 fully saturated rings. The molecular formula is C22H24N4O2S2. The molecule has 0 amide bonds. The maximum absolute atomic E-state index is 12.4. The van der Waals surface area contributed by atoms with Crippen molar-refractivity contribution in [2.45, 2.75) is 39.2 Å². The van der Waals surface area contributed by atoms with Gasteiger partial charge in [-0.25, -0.2) is 4.79 Å². The van der Waals surface area contributed by atoms with Crippen molar-refractivity contribution in [2.75, 3.05) is 17.7 Å². The van der Waals surface area contributed by atoms with E-state index in [1.165, 1.54) is 23.1 Å². The third-order valence-corrected chi connectivity index (χ3v) is 6.68. The highest BCUT2D eigenvalue weighted by molar-refractivity contribution is 7.80. The molecule has 2 aromatic heterocycles. The summed E-state index contributed by atoms with van der Waals surface area (Å²) in [5, 5.41) is 12.0. The monoisotopic (exact) mass is 440 g/mol. The average molecular weight is 441 g/mol. The Morgan fingerprint density at radius 1 is 1.27 bits per heavy atom. The van der Waals surface area contributed by atoms with E-state index in [1.807, 2.05) is 23.0 Å². The molecule has 0 saturated heterocycles. The minimum absolute atomic E-state index is 0.314. The number of anilines is 2. The fraction of sp³-hybridized carbons (Fsp3) is 0.318. The molecule has 0 bridgehead atoms. The first-order valence-electron chi connectivity index (χ1n) is 9.93. The number of thiocarbonyl (C=S) groups is 1. The number of thiophene rings is 1. The van der Waals surface area contributed by atoms with E-state index < -0.39 is 0 Å².